The van der Waals surface area contributed by atoms with Crippen molar-refractivity contribution in [2.24, 2.45) is 5.92 Å². The molecule has 39 heavy (non-hydrogen) atoms. The lowest BCUT2D eigenvalue weighted by Crippen LogP contribution is -2.41. The van der Waals surface area contributed by atoms with Crippen molar-refractivity contribution in [1.29, 1.82) is 0 Å². The lowest BCUT2D eigenvalue weighted by molar-refractivity contribution is -0.118. The van der Waals surface area contributed by atoms with Crippen LogP contribution in [0.1, 0.15) is 29.5 Å². The Hall–Kier alpha value is -3.24. The van der Waals surface area contributed by atoms with E-state index in [1.54, 1.807) is 38.7 Å². The summed E-state index contributed by atoms with van der Waals surface area (Å²) < 4.78 is 36.9. The fraction of sp³-hybridized carbons (Fsp3) is 0.414. The van der Waals surface area contributed by atoms with Crippen molar-refractivity contribution in [3.05, 3.63) is 65.5 Å². The molecule has 1 saturated heterocycles. The highest BCUT2D eigenvalue weighted by Gasteiger charge is 2.21. The minimum Gasteiger partial charge on any atom is -0.493 e. The number of rotatable bonds is 12. The Labute approximate surface area is 232 Å². The monoisotopic (exact) mass is 556 g/mol. The van der Waals surface area contributed by atoms with Crippen molar-refractivity contribution in [3.8, 4) is 22.6 Å². The fourth-order valence-electron chi connectivity index (χ4n) is 4.75. The number of carbonyl (C=O) groups excluding carboxylic acids is 1. The van der Waals surface area contributed by atoms with E-state index < -0.39 is 13.3 Å². The third-order valence-corrected chi connectivity index (χ3v) is 7.71. The molecule has 0 aliphatic carbocycles. The first-order valence-corrected chi connectivity index (χ1v) is 13.9. The third kappa shape index (κ3) is 7.89. The molecule has 1 aliphatic rings. The van der Waals surface area contributed by atoms with Crippen LogP contribution >= 0.6 is 11.8 Å². The lowest BCUT2D eigenvalue weighted by atomic mass is 9.97. The topological polar surface area (TPSA) is 76.6 Å². The molecule has 0 spiro atoms. The molecule has 0 saturated carbocycles. The highest BCUT2D eigenvalue weighted by molar-refractivity contribution is 7.99. The van der Waals surface area contributed by atoms with Crippen LogP contribution in [0.5, 0.6) is 11.5 Å². The number of carbonyl (C=O) groups is 1. The minimum absolute atomic E-state index is 0.0564. The van der Waals surface area contributed by atoms with Crippen molar-refractivity contribution in [1.82, 2.24) is 20.2 Å². The molecule has 2 aromatic carbocycles. The van der Waals surface area contributed by atoms with Gasteiger partial charge in [-0.25, -0.2) is 18.7 Å². The van der Waals surface area contributed by atoms with Gasteiger partial charge < -0.3 is 14.8 Å². The van der Waals surface area contributed by atoms with E-state index in [2.05, 4.69) is 20.2 Å². The maximum atomic E-state index is 13.2. The minimum atomic E-state index is -0.660. The number of aromatic nitrogens is 2. The van der Waals surface area contributed by atoms with Crippen LogP contribution in [0, 0.1) is 5.92 Å². The standard InChI is InChI=1S/C29H34F2N4O3S/c1-37-26-8-7-22(11-27(26)38-2)25-15-33-29(34-16-25)39-19-28(36)32-14-21-4-3-9-35(18-21)17-20-5-6-23(12-30)24(10-20)13-31/h5-8,10-11,15-16,21H,3-4,9,12-14,17-19H2,1-2H3,(H,32,36). The van der Waals surface area contributed by atoms with Crippen LogP contribution < -0.4 is 14.8 Å². The molecule has 1 atom stereocenters. The quantitative estimate of drug-likeness (QED) is 0.242. The molecule has 208 valence electrons. The summed E-state index contributed by atoms with van der Waals surface area (Å²) in [5, 5.41) is 3.57. The largest absolute Gasteiger partial charge is 0.493 e. The summed E-state index contributed by atoms with van der Waals surface area (Å²) in [6, 6.07) is 10.9. The summed E-state index contributed by atoms with van der Waals surface area (Å²) in [5.41, 5.74) is 3.57. The Morgan fingerprint density at radius 3 is 2.51 bits per heavy atom. The molecule has 0 bridgehead atoms. The Morgan fingerprint density at radius 2 is 1.79 bits per heavy atom. The molecule has 3 aromatic rings. The predicted molar refractivity (Wildman–Crippen MR) is 148 cm³/mol. The zero-order chi connectivity index (χ0) is 27.6. The molecule has 10 heteroatoms. The molecule has 0 radical (unpaired) electrons. The number of piperidine rings is 1. The van der Waals surface area contributed by atoms with Crippen LogP contribution in [-0.2, 0) is 24.7 Å². The number of thioether (sulfide) groups is 1. The fourth-order valence-corrected chi connectivity index (χ4v) is 5.36. The summed E-state index contributed by atoms with van der Waals surface area (Å²) in [5.74, 6) is 1.80. The number of methoxy groups -OCH3 is 2. The van der Waals surface area contributed by atoms with E-state index in [0.29, 0.717) is 46.8 Å². The second-order valence-electron chi connectivity index (χ2n) is 9.53. The van der Waals surface area contributed by atoms with Crippen LogP contribution in [-0.4, -0.2) is 60.4 Å². The van der Waals surface area contributed by atoms with Gasteiger partial charge in [-0.2, -0.15) is 0 Å². The Morgan fingerprint density at radius 1 is 1.03 bits per heavy atom. The van der Waals surface area contributed by atoms with Gasteiger partial charge in [-0.1, -0.05) is 36.0 Å². The molecule has 1 aliphatic heterocycles. The van der Waals surface area contributed by atoms with Crippen molar-refractivity contribution in [2.45, 2.75) is 37.9 Å². The second-order valence-corrected chi connectivity index (χ2v) is 10.5. The first-order chi connectivity index (χ1) is 19.0. The SMILES string of the molecule is COc1ccc(-c2cnc(SCC(=O)NCC3CCCN(Cc4ccc(CF)c(CF)c4)C3)nc2)cc1OC. The zero-order valence-electron chi connectivity index (χ0n) is 22.3. The smallest absolute Gasteiger partial charge is 0.230 e. The van der Waals surface area contributed by atoms with E-state index in [1.807, 2.05) is 24.3 Å². The van der Waals surface area contributed by atoms with Crippen LogP contribution in [0.3, 0.4) is 0 Å². The number of alkyl halides is 2. The third-order valence-electron chi connectivity index (χ3n) is 6.83. The number of ether oxygens (including phenoxy) is 2. The molecule has 1 aromatic heterocycles. The van der Waals surface area contributed by atoms with Crippen LogP contribution in [0.2, 0.25) is 0 Å². The number of benzene rings is 2. The number of halogens is 2. The van der Waals surface area contributed by atoms with Crippen molar-refractivity contribution >= 4 is 17.7 Å². The second kappa shape index (κ2) is 14.2. The highest BCUT2D eigenvalue weighted by atomic mass is 32.2. The number of nitrogens with one attached hydrogen (secondary N) is 1. The summed E-state index contributed by atoms with van der Waals surface area (Å²) in [7, 11) is 3.18. The summed E-state index contributed by atoms with van der Waals surface area (Å²) in [6.45, 7) is 1.78. The summed E-state index contributed by atoms with van der Waals surface area (Å²) in [4.78, 5) is 23.6. The number of nitrogens with zero attached hydrogens (tertiary/aromatic N) is 3. The average Bonchev–Trinajstić information content (AvgIpc) is 2.99. The van der Waals surface area contributed by atoms with Gasteiger partial charge in [0.2, 0.25) is 5.91 Å². The van der Waals surface area contributed by atoms with E-state index in [9.17, 15) is 13.6 Å². The van der Waals surface area contributed by atoms with Gasteiger partial charge in [-0.05, 0) is 59.7 Å². The zero-order valence-corrected chi connectivity index (χ0v) is 23.1. The molecule has 4 rings (SSSR count). The van der Waals surface area contributed by atoms with E-state index in [4.69, 9.17) is 9.47 Å². The Kier molecular flexibility index (Phi) is 10.5. The predicted octanol–water partition coefficient (Wildman–Crippen LogP) is 5.22. The van der Waals surface area contributed by atoms with Gasteiger partial charge in [0.15, 0.2) is 16.7 Å². The Bertz CT molecular complexity index is 1250. The average molecular weight is 557 g/mol. The molecule has 1 fully saturated rings. The van der Waals surface area contributed by atoms with Crippen molar-refractivity contribution in [3.63, 3.8) is 0 Å². The summed E-state index contributed by atoms with van der Waals surface area (Å²) >= 11 is 1.29. The van der Waals surface area contributed by atoms with Crippen LogP contribution in [0.4, 0.5) is 8.78 Å². The molecule has 7 nitrogen and oxygen atoms in total. The van der Waals surface area contributed by atoms with E-state index in [0.717, 1.165) is 42.6 Å². The number of hydrogen-bond acceptors (Lipinski definition) is 7. The molecule has 1 amide bonds. The van der Waals surface area contributed by atoms with E-state index in [-0.39, 0.29) is 11.7 Å². The molecule has 2 heterocycles. The van der Waals surface area contributed by atoms with Gasteiger partial charge in [-0.3, -0.25) is 9.69 Å². The summed E-state index contributed by atoms with van der Waals surface area (Å²) in [6.07, 6.45) is 5.54. The first-order valence-electron chi connectivity index (χ1n) is 12.9. The Balaban J connectivity index is 1.22. The number of hydrogen-bond donors (Lipinski definition) is 1. The van der Waals surface area contributed by atoms with Crippen molar-refractivity contribution in [2.75, 3.05) is 39.6 Å². The lowest BCUT2D eigenvalue weighted by Gasteiger charge is -2.33. The first kappa shape index (κ1) is 28.8. The van der Waals surface area contributed by atoms with Gasteiger partial charge >= 0.3 is 0 Å². The van der Waals surface area contributed by atoms with E-state index in [1.165, 1.54) is 11.8 Å². The molecular weight excluding hydrogens is 522 g/mol. The number of amides is 1. The maximum absolute atomic E-state index is 13.2. The van der Waals surface area contributed by atoms with Crippen LogP contribution in [0.25, 0.3) is 11.1 Å². The maximum Gasteiger partial charge on any atom is 0.230 e. The number of likely N-dealkylation sites (tertiary alicyclic amines) is 1. The van der Waals surface area contributed by atoms with Gasteiger partial charge in [0.1, 0.15) is 13.3 Å². The van der Waals surface area contributed by atoms with Crippen LogP contribution in [0.15, 0.2) is 53.9 Å². The normalized spacial score (nSPS) is 15.6. The van der Waals surface area contributed by atoms with E-state index >= 15 is 0 Å². The molecule has 1 N–H and O–H groups in total. The highest BCUT2D eigenvalue weighted by Crippen LogP contribution is 2.32. The molecule has 1 unspecified atom stereocenters. The molecular formula is C29H34F2N4O3S. The van der Waals surface area contributed by atoms with Gasteiger partial charge in [0, 0.05) is 37.6 Å². The van der Waals surface area contributed by atoms with Gasteiger partial charge in [0.05, 0.1) is 20.0 Å². The van der Waals surface area contributed by atoms with Gasteiger partial charge in [0.25, 0.3) is 0 Å². The van der Waals surface area contributed by atoms with Gasteiger partial charge in [-0.15, -0.1) is 0 Å². The van der Waals surface area contributed by atoms with Crippen molar-refractivity contribution < 1.29 is 23.0 Å².